The molecule has 1 N–H and O–H groups in total. The molecule has 0 spiro atoms. The molecule has 1 fully saturated rings. The van der Waals surface area contributed by atoms with Crippen molar-refractivity contribution in [3.63, 3.8) is 0 Å². The Kier molecular flexibility index (Phi) is 6.68. The summed E-state index contributed by atoms with van der Waals surface area (Å²) in [6, 6.07) is 13.2. The third-order valence-corrected chi connectivity index (χ3v) is 7.31. The summed E-state index contributed by atoms with van der Waals surface area (Å²) in [7, 11) is 2.08. The fourth-order valence-corrected chi connectivity index (χ4v) is 5.50. The molecular formula is C27H24ClF3N4O2. The number of hydrogen-bond acceptors (Lipinski definition) is 4. The lowest BCUT2D eigenvalue weighted by Gasteiger charge is -2.27. The van der Waals surface area contributed by atoms with Gasteiger partial charge in [-0.25, -0.2) is 4.98 Å². The molecule has 0 saturated carbocycles. The van der Waals surface area contributed by atoms with E-state index in [1.54, 1.807) is 11.0 Å². The van der Waals surface area contributed by atoms with Crippen molar-refractivity contribution >= 4 is 34.9 Å². The molecular weight excluding hydrogens is 505 g/mol. The minimum atomic E-state index is -4.67. The summed E-state index contributed by atoms with van der Waals surface area (Å²) >= 11 is 6.32. The number of aromatic nitrogens is 1. The molecule has 2 aliphatic heterocycles. The summed E-state index contributed by atoms with van der Waals surface area (Å²) in [6.07, 6.45) is -1.46. The van der Waals surface area contributed by atoms with Crippen LogP contribution in [0, 0.1) is 5.92 Å². The molecule has 0 bridgehead atoms. The first-order valence-electron chi connectivity index (χ1n) is 11.9. The van der Waals surface area contributed by atoms with Gasteiger partial charge in [-0.15, -0.1) is 0 Å². The van der Waals surface area contributed by atoms with Gasteiger partial charge >= 0.3 is 6.18 Å². The number of rotatable bonds is 3. The molecule has 192 valence electrons. The van der Waals surface area contributed by atoms with Crippen molar-refractivity contribution in [2.45, 2.75) is 25.1 Å². The molecule has 5 rings (SSSR count). The van der Waals surface area contributed by atoms with E-state index in [0.717, 1.165) is 42.8 Å². The predicted octanol–water partition coefficient (Wildman–Crippen LogP) is 6.05. The van der Waals surface area contributed by atoms with Gasteiger partial charge in [-0.3, -0.25) is 14.5 Å². The number of likely N-dealkylation sites (tertiary alicyclic amines) is 1. The van der Waals surface area contributed by atoms with Crippen molar-refractivity contribution in [1.82, 2.24) is 9.88 Å². The average molecular weight is 529 g/mol. The summed E-state index contributed by atoms with van der Waals surface area (Å²) in [5.41, 5.74) is 0.581. The van der Waals surface area contributed by atoms with Crippen molar-refractivity contribution in [1.29, 1.82) is 0 Å². The molecule has 1 saturated heterocycles. The van der Waals surface area contributed by atoms with Gasteiger partial charge in [-0.05, 0) is 80.4 Å². The minimum absolute atomic E-state index is 0.0396. The highest BCUT2D eigenvalue weighted by Crippen LogP contribution is 2.45. The maximum atomic E-state index is 13.5. The highest BCUT2D eigenvalue weighted by Gasteiger charge is 2.39. The third kappa shape index (κ3) is 4.93. The fourth-order valence-electron chi connectivity index (χ4n) is 5.32. The third-order valence-electron chi connectivity index (χ3n) is 7.07. The second-order valence-electron chi connectivity index (χ2n) is 9.35. The summed E-state index contributed by atoms with van der Waals surface area (Å²) in [5, 5.41) is 3.00. The molecule has 0 radical (unpaired) electrons. The number of alkyl halides is 3. The van der Waals surface area contributed by atoms with Crippen LogP contribution < -0.4 is 10.2 Å². The van der Waals surface area contributed by atoms with E-state index < -0.39 is 23.2 Å². The van der Waals surface area contributed by atoms with Crippen LogP contribution in [0.4, 0.5) is 24.7 Å². The molecule has 3 heterocycles. The van der Waals surface area contributed by atoms with E-state index >= 15 is 0 Å². The normalized spacial score (nSPS) is 19.6. The minimum Gasteiger partial charge on any atom is -0.308 e. The van der Waals surface area contributed by atoms with E-state index in [4.69, 9.17) is 11.6 Å². The van der Waals surface area contributed by atoms with Gasteiger partial charge < -0.3 is 10.2 Å². The molecule has 10 heteroatoms. The summed E-state index contributed by atoms with van der Waals surface area (Å²) in [4.78, 5) is 34.2. The number of halogens is 4. The van der Waals surface area contributed by atoms with Gasteiger partial charge in [0.15, 0.2) is 0 Å². The average Bonchev–Trinajstić information content (AvgIpc) is 3.15. The van der Waals surface area contributed by atoms with Gasteiger partial charge in [0.05, 0.1) is 16.7 Å². The van der Waals surface area contributed by atoms with Gasteiger partial charge in [-0.1, -0.05) is 23.7 Å². The van der Waals surface area contributed by atoms with Crippen molar-refractivity contribution < 1.29 is 22.8 Å². The van der Waals surface area contributed by atoms with Crippen molar-refractivity contribution in [2.24, 2.45) is 5.92 Å². The van der Waals surface area contributed by atoms with E-state index in [1.165, 1.54) is 30.5 Å². The zero-order chi connectivity index (χ0) is 26.3. The number of benzene rings is 2. The summed E-state index contributed by atoms with van der Waals surface area (Å²) in [6.45, 7) is 1.52. The maximum Gasteiger partial charge on any atom is 0.417 e. The van der Waals surface area contributed by atoms with Crippen LogP contribution in [0.5, 0.6) is 0 Å². The summed E-state index contributed by atoms with van der Waals surface area (Å²) < 4.78 is 39.8. The topological polar surface area (TPSA) is 65.5 Å². The zero-order valence-corrected chi connectivity index (χ0v) is 20.7. The Balaban J connectivity index is 1.37. The molecule has 2 aromatic carbocycles. The SMILES string of the molecule is CN1CC[C@@H]2CCN(C(=O)c3ccc(NC(=O)c4ccccc4C(F)(F)F)nc3)c3ccc(Cl)cc3[C@H]21. The van der Waals surface area contributed by atoms with E-state index in [9.17, 15) is 22.8 Å². The van der Waals surface area contributed by atoms with Crippen molar-refractivity contribution in [2.75, 3.05) is 30.4 Å². The summed E-state index contributed by atoms with van der Waals surface area (Å²) in [5.74, 6) is -0.736. The number of carbonyl (C=O) groups is 2. The first kappa shape index (κ1) is 25.2. The molecule has 2 amide bonds. The van der Waals surface area contributed by atoms with Crippen LogP contribution in [0.25, 0.3) is 0 Å². The largest absolute Gasteiger partial charge is 0.417 e. The van der Waals surface area contributed by atoms with Crippen LogP contribution in [-0.2, 0) is 6.18 Å². The zero-order valence-electron chi connectivity index (χ0n) is 19.9. The molecule has 0 aliphatic carbocycles. The van der Waals surface area contributed by atoms with Gasteiger partial charge in [0.1, 0.15) is 5.82 Å². The first-order chi connectivity index (χ1) is 17.6. The molecule has 3 aromatic rings. The van der Waals surface area contributed by atoms with Gasteiger partial charge in [0.2, 0.25) is 0 Å². The van der Waals surface area contributed by atoms with E-state index in [2.05, 4.69) is 22.2 Å². The Labute approximate surface area is 217 Å². The van der Waals surface area contributed by atoms with Crippen LogP contribution in [0.3, 0.4) is 0 Å². The molecule has 2 aliphatic rings. The second kappa shape index (κ2) is 9.79. The number of pyridine rings is 1. The Morgan fingerprint density at radius 1 is 1.05 bits per heavy atom. The number of nitrogens with one attached hydrogen (secondary N) is 1. The van der Waals surface area contributed by atoms with Gasteiger partial charge in [0.25, 0.3) is 11.8 Å². The second-order valence-corrected chi connectivity index (χ2v) is 9.79. The number of carbonyl (C=O) groups excluding carboxylic acids is 2. The van der Waals surface area contributed by atoms with Crippen LogP contribution in [0.15, 0.2) is 60.8 Å². The van der Waals surface area contributed by atoms with Crippen molar-refractivity contribution in [3.05, 3.63) is 88.1 Å². The number of amides is 2. The fraction of sp³-hybridized carbons (Fsp3) is 0.296. The molecule has 37 heavy (non-hydrogen) atoms. The number of fused-ring (bicyclic) bond motifs is 3. The smallest absolute Gasteiger partial charge is 0.308 e. The Hall–Kier alpha value is -3.43. The van der Waals surface area contributed by atoms with E-state index in [1.807, 2.05) is 12.1 Å². The standard InChI is InChI=1S/C27H24ClF3N4O2/c1-34-12-10-16-11-13-35(22-8-7-18(28)14-20(22)24(16)34)26(37)17-6-9-23(32-15-17)33-25(36)19-4-2-3-5-21(19)27(29,30)31/h2-9,14-16,24H,10-13H2,1H3,(H,32,33,36)/t16-,24+/m1/s1. The van der Waals surface area contributed by atoms with Crippen molar-refractivity contribution in [3.8, 4) is 0 Å². The van der Waals surface area contributed by atoms with Crippen LogP contribution in [0.2, 0.25) is 5.02 Å². The molecule has 1 aromatic heterocycles. The Morgan fingerprint density at radius 3 is 2.54 bits per heavy atom. The van der Waals surface area contributed by atoms with E-state index in [0.29, 0.717) is 23.0 Å². The van der Waals surface area contributed by atoms with Crippen LogP contribution in [-0.4, -0.2) is 41.8 Å². The molecule has 2 atom stereocenters. The number of hydrogen-bond donors (Lipinski definition) is 1. The Morgan fingerprint density at radius 2 is 1.81 bits per heavy atom. The maximum absolute atomic E-state index is 13.5. The van der Waals surface area contributed by atoms with Crippen LogP contribution in [0.1, 0.15) is 50.7 Å². The monoisotopic (exact) mass is 528 g/mol. The highest BCUT2D eigenvalue weighted by atomic mass is 35.5. The lowest BCUT2D eigenvalue weighted by atomic mass is 9.92. The first-order valence-corrected chi connectivity index (χ1v) is 12.3. The predicted molar refractivity (Wildman–Crippen MR) is 135 cm³/mol. The van der Waals surface area contributed by atoms with Gasteiger partial charge in [-0.2, -0.15) is 13.2 Å². The lowest BCUT2D eigenvalue weighted by Crippen LogP contribution is -2.32. The van der Waals surface area contributed by atoms with E-state index in [-0.39, 0.29) is 17.8 Å². The van der Waals surface area contributed by atoms with Crippen LogP contribution >= 0.6 is 11.6 Å². The molecule has 6 nitrogen and oxygen atoms in total. The van der Waals surface area contributed by atoms with Gasteiger partial charge in [0, 0.05) is 29.5 Å². The highest BCUT2D eigenvalue weighted by molar-refractivity contribution is 6.30. The number of nitrogens with zero attached hydrogens (tertiary/aromatic N) is 3. The lowest BCUT2D eigenvalue weighted by molar-refractivity contribution is -0.137. The Bertz CT molecular complexity index is 1350. The number of anilines is 2. The quantitative estimate of drug-likeness (QED) is 0.449. The molecule has 0 unspecified atom stereocenters.